The Kier molecular flexibility index (Phi) is 6.02. The van der Waals surface area contributed by atoms with Crippen LogP contribution in [0.15, 0.2) is 24.3 Å². The van der Waals surface area contributed by atoms with Crippen LogP contribution in [0.25, 0.3) is 0 Å². The zero-order chi connectivity index (χ0) is 14.4. The van der Waals surface area contributed by atoms with E-state index in [4.69, 9.17) is 4.74 Å². The zero-order valence-electron chi connectivity index (χ0n) is 13.1. The van der Waals surface area contributed by atoms with Crippen molar-refractivity contribution in [3.63, 3.8) is 0 Å². The molecular weight excluding hydrogens is 248 g/mol. The molecule has 0 radical (unpaired) electrons. The molecule has 1 heterocycles. The average molecular weight is 276 g/mol. The molecule has 0 aromatic heterocycles. The summed E-state index contributed by atoms with van der Waals surface area (Å²) in [7, 11) is 2.19. The van der Waals surface area contributed by atoms with E-state index in [-0.39, 0.29) is 0 Å². The molecule has 2 rings (SSSR count). The minimum Gasteiger partial charge on any atom is -0.380 e. The van der Waals surface area contributed by atoms with Gasteiger partial charge in [-0.3, -0.25) is 4.90 Å². The Morgan fingerprint density at radius 3 is 2.55 bits per heavy atom. The average Bonchev–Trinajstić information content (AvgIpc) is 2.94. The molecule has 1 aliphatic heterocycles. The molecule has 1 atom stereocenters. The highest BCUT2D eigenvalue weighted by Gasteiger charge is 2.19. The van der Waals surface area contributed by atoms with Crippen LogP contribution < -0.4 is 5.32 Å². The van der Waals surface area contributed by atoms with Crippen LogP contribution in [-0.2, 0) is 17.8 Å². The first-order chi connectivity index (χ1) is 9.65. The lowest BCUT2D eigenvalue weighted by molar-refractivity contribution is 0.156. The predicted octanol–water partition coefficient (Wildman–Crippen LogP) is 2.65. The Hall–Kier alpha value is -0.900. The van der Waals surface area contributed by atoms with E-state index in [9.17, 15) is 0 Å². The lowest BCUT2D eigenvalue weighted by Crippen LogP contribution is -2.31. The maximum atomic E-state index is 5.45. The molecule has 3 heteroatoms. The van der Waals surface area contributed by atoms with Gasteiger partial charge in [0.05, 0.1) is 6.61 Å². The van der Waals surface area contributed by atoms with Gasteiger partial charge in [0.15, 0.2) is 0 Å². The second-order valence-corrected chi connectivity index (χ2v) is 6.27. The fraction of sp³-hybridized carbons (Fsp3) is 0.647. The molecule has 1 saturated heterocycles. The van der Waals surface area contributed by atoms with Crippen LogP contribution in [-0.4, -0.2) is 37.7 Å². The Labute approximate surface area is 123 Å². The summed E-state index contributed by atoms with van der Waals surface area (Å²) in [5, 5.41) is 3.48. The topological polar surface area (TPSA) is 24.5 Å². The summed E-state index contributed by atoms with van der Waals surface area (Å²) in [6.45, 7) is 9.31. The van der Waals surface area contributed by atoms with Crippen LogP contribution in [0.3, 0.4) is 0 Å². The van der Waals surface area contributed by atoms with E-state index in [0.717, 1.165) is 39.3 Å². The van der Waals surface area contributed by atoms with Gasteiger partial charge in [-0.15, -0.1) is 0 Å². The van der Waals surface area contributed by atoms with Gasteiger partial charge in [-0.25, -0.2) is 0 Å². The van der Waals surface area contributed by atoms with Gasteiger partial charge in [-0.1, -0.05) is 38.1 Å². The number of nitrogens with one attached hydrogen (secondary N) is 1. The van der Waals surface area contributed by atoms with Crippen molar-refractivity contribution in [2.45, 2.75) is 39.4 Å². The van der Waals surface area contributed by atoms with E-state index in [1.807, 2.05) is 0 Å². The number of rotatable bonds is 7. The summed E-state index contributed by atoms with van der Waals surface area (Å²) in [6.07, 6.45) is 1.16. The van der Waals surface area contributed by atoms with Crippen molar-refractivity contribution in [1.82, 2.24) is 10.2 Å². The summed E-state index contributed by atoms with van der Waals surface area (Å²) in [4.78, 5) is 2.40. The fourth-order valence-electron chi connectivity index (χ4n) is 2.55. The van der Waals surface area contributed by atoms with Gasteiger partial charge in [0, 0.05) is 25.7 Å². The number of hydrogen-bond acceptors (Lipinski definition) is 3. The van der Waals surface area contributed by atoms with Gasteiger partial charge in [0.25, 0.3) is 0 Å². The lowest BCUT2D eigenvalue weighted by Gasteiger charge is -2.22. The highest BCUT2D eigenvalue weighted by Crippen LogP contribution is 2.14. The Bertz CT molecular complexity index is 382. The van der Waals surface area contributed by atoms with Gasteiger partial charge in [-0.2, -0.15) is 0 Å². The third-order valence-corrected chi connectivity index (χ3v) is 3.87. The van der Waals surface area contributed by atoms with E-state index in [2.05, 4.69) is 55.4 Å². The van der Waals surface area contributed by atoms with Crippen molar-refractivity contribution >= 4 is 0 Å². The number of nitrogens with zero attached hydrogens (tertiary/aromatic N) is 1. The number of benzene rings is 1. The summed E-state index contributed by atoms with van der Waals surface area (Å²) in [5.41, 5.74) is 2.74. The van der Waals surface area contributed by atoms with Crippen LogP contribution in [0, 0.1) is 5.92 Å². The summed E-state index contributed by atoms with van der Waals surface area (Å²) < 4.78 is 5.45. The lowest BCUT2D eigenvalue weighted by atomic mass is 10.1. The largest absolute Gasteiger partial charge is 0.380 e. The molecule has 1 aliphatic rings. The molecule has 20 heavy (non-hydrogen) atoms. The van der Waals surface area contributed by atoms with E-state index in [1.165, 1.54) is 11.1 Å². The molecule has 1 unspecified atom stereocenters. The van der Waals surface area contributed by atoms with Gasteiger partial charge < -0.3 is 10.1 Å². The Balaban J connectivity index is 1.78. The molecule has 0 bridgehead atoms. The molecule has 0 spiro atoms. The van der Waals surface area contributed by atoms with E-state index < -0.39 is 0 Å². The Morgan fingerprint density at radius 1 is 1.25 bits per heavy atom. The summed E-state index contributed by atoms with van der Waals surface area (Å²) in [6, 6.07) is 9.56. The van der Waals surface area contributed by atoms with E-state index >= 15 is 0 Å². The molecule has 1 aromatic rings. The normalized spacial score (nSPS) is 19.1. The van der Waals surface area contributed by atoms with Crippen LogP contribution in [0.4, 0.5) is 0 Å². The molecule has 1 N–H and O–H groups in total. The molecule has 1 aromatic carbocycles. The molecule has 3 nitrogen and oxygen atoms in total. The van der Waals surface area contributed by atoms with Crippen LogP contribution in [0.2, 0.25) is 0 Å². The van der Waals surface area contributed by atoms with Crippen molar-refractivity contribution in [3.05, 3.63) is 35.4 Å². The van der Waals surface area contributed by atoms with Crippen LogP contribution >= 0.6 is 0 Å². The number of ether oxygens (including phenoxy) is 1. The minimum absolute atomic E-state index is 0.586. The standard InChI is InChI=1S/C17H28N2O/c1-14(2)10-18-11-15-4-6-16(7-5-15)12-19(3)17-8-9-20-13-17/h4-7,14,17-18H,8-13H2,1-3H3. The minimum atomic E-state index is 0.586. The SMILES string of the molecule is CC(C)CNCc1ccc(CN(C)C2CCOC2)cc1. The third kappa shape index (κ3) is 4.89. The fourth-order valence-corrected chi connectivity index (χ4v) is 2.55. The quantitative estimate of drug-likeness (QED) is 0.828. The van der Waals surface area contributed by atoms with Crippen molar-refractivity contribution in [3.8, 4) is 0 Å². The first kappa shape index (κ1) is 15.5. The number of likely N-dealkylation sites (N-methyl/N-ethyl adjacent to an activating group) is 1. The highest BCUT2D eigenvalue weighted by molar-refractivity contribution is 5.22. The van der Waals surface area contributed by atoms with Crippen LogP contribution in [0.5, 0.6) is 0 Å². The van der Waals surface area contributed by atoms with Crippen molar-refractivity contribution in [1.29, 1.82) is 0 Å². The van der Waals surface area contributed by atoms with Crippen molar-refractivity contribution < 1.29 is 4.74 Å². The third-order valence-electron chi connectivity index (χ3n) is 3.87. The number of hydrogen-bond donors (Lipinski definition) is 1. The molecule has 0 amide bonds. The molecule has 112 valence electrons. The van der Waals surface area contributed by atoms with Gasteiger partial charge >= 0.3 is 0 Å². The zero-order valence-corrected chi connectivity index (χ0v) is 13.1. The maximum absolute atomic E-state index is 5.45. The first-order valence-electron chi connectivity index (χ1n) is 7.71. The highest BCUT2D eigenvalue weighted by atomic mass is 16.5. The van der Waals surface area contributed by atoms with Crippen LogP contribution in [0.1, 0.15) is 31.4 Å². The second kappa shape index (κ2) is 7.77. The molecule has 0 saturated carbocycles. The first-order valence-corrected chi connectivity index (χ1v) is 7.71. The van der Waals surface area contributed by atoms with Crippen molar-refractivity contribution in [2.75, 3.05) is 26.8 Å². The summed E-state index contributed by atoms with van der Waals surface area (Å²) >= 11 is 0. The maximum Gasteiger partial charge on any atom is 0.0622 e. The molecule has 1 fully saturated rings. The smallest absolute Gasteiger partial charge is 0.0622 e. The molecule has 0 aliphatic carbocycles. The summed E-state index contributed by atoms with van der Waals surface area (Å²) in [5.74, 6) is 0.705. The Morgan fingerprint density at radius 2 is 1.95 bits per heavy atom. The van der Waals surface area contributed by atoms with E-state index in [1.54, 1.807) is 0 Å². The predicted molar refractivity (Wildman–Crippen MR) is 83.7 cm³/mol. The van der Waals surface area contributed by atoms with E-state index in [0.29, 0.717) is 12.0 Å². The van der Waals surface area contributed by atoms with Gasteiger partial charge in [0.1, 0.15) is 0 Å². The van der Waals surface area contributed by atoms with Crippen molar-refractivity contribution in [2.24, 2.45) is 5.92 Å². The monoisotopic (exact) mass is 276 g/mol. The van der Waals surface area contributed by atoms with Gasteiger partial charge in [-0.05, 0) is 37.1 Å². The molecular formula is C17H28N2O. The van der Waals surface area contributed by atoms with Gasteiger partial charge in [0.2, 0.25) is 0 Å². The second-order valence-electron chi connectivity index (χ2n) is 6.27.